The number of nitrogens with one attached hydrogen (secondary N) is 2. The highest BCUT2D eigenvalue weighted by Gasteiger charge is 2.10. The molecule has 2 aliphatic rings. The number of aromatic nitrogens is 2. The standard InChI is InChI=1S/C22H14N2/c1-5-13-7-3-11-17-19(13)15(9-1)21-22(24-17)16-10-2-6-14-8-4-12-18(23-21)20(14)16/h1-12,23-24H. The van der Waals surface area contributed by atoms with E-state index in [1.807, 2.05) is 0 Å². The molecule has 2 aliphatic heterocycles. The van der Waals surface area contributed by atoms with E-state index in [2.05, 4.69) is 82.8 Å². The molecule has 2 heterocycles. The summed E-state index contributed by atoms with van der Waals surface area (Å²) in [5.41, 5.74) is 2.36. The molecular formula is C22H14N2. The third-order valence-corrected chi connectivity index (χ3v) is 5.12. The van der Waals surface area contributed by atoms with Crippen molar-refractivity contribution in [3.8, 4) is 0 Å². The second-order valence-corrected chi connectivity index (χ2v) is 6.42. The Labute approximate surface area is 137 Å². The second kappa shape index (κ2) is 4.18. The van der Waals surface area contributed by atoms with Crippen molar-refractivity contribution in [3.05, 3.63) is 83.5 Å². The van der Waals surface area contributed by atoms with Gasteiger partial charge >= 0.3 is 0 Å². The summed E-state index contributed by atoms with van der Waals surface area (Å²) in [5, 5.41) is 9.99. The highest BCUT2D eigenvalue weighted by atomic mass is 14.8. The van der Waals surface area contributed by atoms with Gasteiger partial charge in [0, 0.05) is 32.6 Å². The van der Waals surface area contributed by atoms with Crippen LogP contribution >= 0.6 is 0 Å². The molecule has 0 bridgehead atoms. The highest BCUT2D eigenvalue weighted by Crippen LogP contribution is 2.31. The van der Waals surface area contributed by atoms with Crippen LogP contribution in [0.1, 0.15) is 0 Å². The summed E-state index contributed by atoms with van der Waals surface area (Å²) in [6, 6.07) is 26.0. The summed E-state index contributed by atoms with van der Waals surface area (Å²) in [7, 11) is 0. The van der Waals surface area contributed by atoms with Crippen molar-refractivity contribution in [1.82, 2.24) is 9.97 Å². The molecule has 0 radical (unpaired) electrons. The molecule has 0 aromatic heterocycles. The summed E-state index contributed by atoms with van der Waals surface area (Å²) < 4.78 is 0. The molecule has 0 spiro atoms. The van der Waals surface area contributed by atoms with Crippen molar-refractivity contribution in [2.45, 2.75) is 0 Å². The Morgan fingerprint density at radius 2 is 0.875 bits per heavy atom. The van der Waals surface area contributed by atoms with Crippen molar-refractivity contribution in [3.63, 3.8) is 0 Å². The average molecular weight is 306 g/mol. The van der Waals surface area contributed by atoms with Gasteiger partial charge in [-0.2, -0.15) is 0 Å². The maximum atomic E-state index is 3.68. The van der Waals surface area contributed by atoms with Gasteiger partial charge in [0.05, 0.1) is 10.7 Å². The number of aromatic amines is 2. The van der Waals surface area contributed by atoms with Gasteiger partial charge in [-0.3, -0.25) is 0 Å². The van der Waals surface area contributed by atoms with Crippen LogP contribution in [0.15, 0.2) is 72.8 Å². The van der Waals surface area contributed by atoms with Crippen LogP contribution in [0.3, 0.4) is 0 Å². The predicted octanol–water partition coefficient (Wildman–Crippen LogP) is 5.68. The highest BCUT2D eigenvalue weighted by molar-refractivity contribution is 6.12. The first-order valence-electron chi connectivity index (χ1n) is 8.23. The Hall–Kier alpha value is -3.26. The maximum Gasteiger partial charge on any atom is 0.0710 e. The molecule has 0 amide bonds. The van der Waals surface area contributed by atoms with Crippen LogP contribution in [-0.4, -0.2) is 9.97 Å². The van der Waals surface area contributed by atoms with Gasteiger partial charge in [-0.1, -0.05) is 60.7 Å². The van der Waals surface area contributed by atoms with Crippen molar-refractivity contribution in [2.24, 2.45) is 0 Å². The fraction of sp³-hybridized carbons (Fsp3) is 0. The minimum absolute atomic E-state index is 1.17. The van der Waals surface area contributed by atoms with Gasteiger partial charge in [-0.05, 0) is 22.9 Å². The summed E-state index contributed by atoms with van der Waals surface area (Å²) >= 11 is 0. The monoisotopic (exact) mass is 306 g/mol. The molecule has 4 aromatic carbocycles. The molecule has 0 unspecified atom stereocenters. The van der Waals surface area contributed by atoms with Crippen molar-refractivity contribution < 1.29 is 0 Å². The van der Waals surface area contributed by atoms with Crippen LogP contribution in [0.25, 0.3) is 43.4 Å². The number of H-pyrrole nitrogens is 2. The molecule has 112 valence electrons. The maximum absolute atomic E-state index is 3.68. The number of benzene rings is 4. The van der Waals surface area contributed by atoms with E-state index in [0.717, 1.165) is 0 Å². The Morgan fingerprint density at radius 3 is 1.33 bits per heavy atom. The van der Waals surface area contributed by atoms with Crippen molar-refractivity contribution >= 4 is 43.4 Å². The van der Waals surface area contributed by atoms with Crippen LogP contribution in [0.5, 0.6) is 0 Å². The quantitative estimate of drug-likeness (QED) is 0.362. The van der Waals surface area contributed by atoms with E-state index < -0.39 is 0 Å². The van der Waals surface area contributed by atoms with Crippen molar-refractivity contribution in [1.29, 1.82) is 0 Å². The van der Waals surface area contributed by atoms with Gasteiger partial charge in [0.2, 0.25) is 0 Å². The second-order valence-electron chi connectivity index (χ2n) is 6.42. The number of hydrogen-bond acceptors (Lipinski definition) is 0. The molecule has 0 aliphatic carbocycles. The first kappa shape index (κ1) is 12.2. The molecule has 2 nitrogen and oxygen atoms in total. The third-order valence-electron chi connectivity index (χ3n) is 5.12. The summed E-state index contributed by atoms with van der Waals surface area (Å²) in [6.45, 7) is 0. The Kier molecular flexibility index (Phi) is 2.12. The minimum Gasteiger partial charge on any atom is -0.353 e. The van der Waals surface area contributed by atoms with Crippen LogP contribution in [0, 0.1) is 10.7 Å². The average Bonchev–Trinajstić information content (AvgIpc) is 2.64. The van der Waals surface area contributed by atoms with Gasteiger partial charge in [0.25, 0.3) is 0 Å². The molecule has 2 N–H and O–H groups in total. The van der Waals surface area contributed by atoms with Crippen LogP contribution in [0.4, 0.5) is 0 Å². The molecular weight excluding hydrogens is 292 g/mol. The lowest BCUT2D eigenvalue weighted by atomic mass is 10.0. The minimum atomic E-state index is 1.17. The van der Waals surface area contributed by atoms with E-state index >= 15 is 0 Å². The Morgan fingerprint density at radius 1 is 0.458 bits per heavy atom. The van der Waals surface area contributed by atoms with Gasteiger partial charge < -0.3 is 9.97 Å². The van der Waals surface area contributed by atoms with E-state index in [1.54, 1.807) is 0 Å². The molecule has 24 heavy (non-hydrogen) atoms. The lowest BCUT2D eigenvalue weighted by Gasteiger charge is -2.12. The molecule has 0 fully saturated rings. The molecule has 4 aromatic rings. The van der Waals surface area contributed by atoms with Crippen LogP contribution in [0.2, 0.25) is 0 Å². The molecule has 0 saturated carbocycles. The smallest absolute Gasteiger partial charge is 0.0710 e. The Bertz CT molecular complexity index is 1330. The van der Waals surface area contributed by atoms with E-state index in [4.69, 9.17) is 0 Å². The zero-order valence-corrected chi connectivity index (χ0v) is 12.9. The Balaban J connectivity index is 2.08. The zero-order chi connectivity index (χ0) is 15.7. The lowest BCUT2D eigenvalue weighted by Crippen LogP contribution is -1.95. The summed E-state index contributed by atoms with van der Waals surface area (Å²) in [6.07, 6.45) is 0. The molecule has 0 saturated heterocycles. The van der Waals surface area contributed by atoms with Crippen LogP contribution in [-0.2, 0) is 0 Å². The topological polar surface area (TPSA) is 31.6 Å². The predicted molar refractivity (Wildman–Crippen MR) is 100 cm³/mol. The normalized spacial score (nSPS) is 12.2. The van der Waals surface area contributed by atoms with E-state index in [9.17, 15) is 0 Å². The largest absolute Gasteiger partial charge is 0.353 e. The van der Waals surface area contributed by atoms with E-state index in [-0.39, 0.29) is 0 Å². The van der Waals surface area contributed by atoms with Gasteiger partial charge in [-0.25, -0.2) is 0 Å². The fourth-order valence-corrected chi connectivity index (χ4v) is 4.11. The first-order chi connectivity index (χ1) is 11.9. The fourth-order valence-electron chi connectivity index (χ4n) is 4.11. The SMILES string of the molecule is c1cc2cccc3c4[nH]c5cccc6cccc(c=4[nH]c(c1)c23)c65. The lowest BCUT2D eigenvalue weighted by molar-refractivity contribution is 1.24. The number of hydrogen-bond donors (Lipinski definition) is 2. The van der Waals surface area contributed by atoms with E-state index in [0.29, 0.717) is 0 Å². The molecule has 0 atom stereocenters. The van der Waals surface area contributed by atoms with Gasteiger partial charge in [0.15, 0.2) is 0 Å². The molecule has 6 rings (SSSR count). The number of fused-ring (bicyclic) bond motifs is 2. The zero-order valence-electron chi connectivity index (χ0n) is 12.9. The first-order valence-corrected chi connectivity index (χ1v) is 8.23. The summed E-state index contributed by atoms with van der Waals surface area (Å²) in [5.74, 6) is 0. The molecule has 2 heteroatoms. The van der Waals surface area contributed by atoms with Crippen molar-refractivity contribution in [2.75, 3.05) is 0 Å². The number of rotatable bonds is 0. The van der Waals surface area contributed by atoms with Gasteiger partial charge in [0.1, 0.15) is 0 Å². The van der Waals surface area contributed by atoms with Gasteiger partial charge in [-0.15, -0.1) is 0 Å². The van der Waals surface area contributed by atoms with E-state index in [1.165, 1.54) is 54.0 Å². The third kappa shape index (κ3) is 1.41. The summed E-state index contributed by atoms with van der Waals surface area (Å²) in [4.78, 5) is 7.36. The van der Waals surface area contributed by atoms with Crippen LogP contribution < -0.4 is 0 Å².